The van der Waals surface area contributed by atoms with E-state index in [-0.39, 0.29) is 24.0 Å². The van der Waals surface area contributed by atoms with Crippen molar-refractivity contribution in [3.05, 3.63) is 47.5 Å². The van der Waals surface area contributed by atoms with Crippen molar-refractivity contribution in [1.82, 2.24) is 0 Å². The Morgan fingerprint density at radius 2 is 1.61 bits per heavy atom. The Morgan fingerprint density at radius 3 is 2.21 bits per heavy atom. The zero-order chi connectivity index (χ0) is 28.0. The molecule has 0 aromatic heterocycles. The molecule has 2 N–H and O–H groups in total. The normalized spacial score (nSPS) is 40.3. The van der Waals surface area contributed by atoms with Crippen LogP contribution in [0.25, 0.3) is 0 Å². The fraction of sp³-hybridized carbons (Fsp3) is 0.700. The highest BCUT2D eigenvalue weighted by molar-refractivity contribution is 5.73. The van der Waals surface area contributed by atoms with Crippen molar-refractivity contribution in [3.8, 4) is 0 Å². The van der Waals surface area contributed by atoms with Gasteiger partial charge in [-0.1, -0.05) is 62.2 Å². The van der Waals surface area contributed by atoms with Crippen LogP contribution in [0.3, 0.4) is 0 Å². The first-order valence-electron chi connectivity index (χ1n) is 13.7. The van der Waals surface area contributed by atoms with E-state index >= 15 is 0 Å². The van der Waals surface area contributed by atoms with Crippen molar-refractivity contribution in [3.63, 3.8) is 0 Å². The number of ether oxygens (including phenoxy) is 5. The Hall–Kier alpha value is -1.81. The van der Waals surface area contributed by atoms with Gasteiger partial charge in [0, 0.05) is 33.2 Å². The minimum Gasteiger partial charge on any atom is -0.457 e. The van der Waals surface area contributed by atoms with Crippen LogP contribution in [0.4, 0.5) is 0 Å². The van der Waals surface area contributed by atoms with Crippen molar-refractivity contribution in [2.75, 3.05) is 21.3 Å². The van der Waals surface area contributed by atoms with E-state index in [0.717, 1.165) is 30.4 Å². The molecule has 1 saturated heterocycles. The maximum absolute atomic E-state index is 13.5. The number of carbonyl (C=O) groups is 1. The number of hydrogen-bond donors (Lipinski definition) is 2. The number of hydrogen-bond acceptors (Lipinski definition) is 8. The first-order valence-corrected chi connectivity index (χ1v) is 13.7. The topological polar surface area (TPSA) is 104 Å². The fourth-order valence-electron chi connectivity index (χ4n) is 5.68. The Kier molecular flexibility index (Phi) is 10.9. The summed E-state index contributed by atoms with van der Waals surface area (Å²) < 4.78 is 29.4. The second-order valence-electron chi connectivity index (χ2n) is 10.9. The van der Waals surface area contributed by atoms with E-state index in [1.807, 2.05) is 57.2 Å². The summed E-state index contributed by atoms with van der Waals surface area (Å²) in [6.07, 6.45) is 3.28. The smallest absolute Gasteiger partial charge is 0.314 e. The molecule has 0 spiro atoms. The van der Waals surface area contributed by atoms with E-state index in [1.54, 1.807) is 21.1 Å². The lowest BCUT2D eigenvalue weighted by Gasteiger charge is -2.51. The number of esters is 1. The van der Waals surface area contributed by atoms with Crippen LogP contribution in [0.1, 0.15) is 63.7 Å². The van der Waals surface area contributed by atoms with Crippen molar-refractivity contribution >= 4 is 5.97 Å². The third kappa shape index (κ3) is 6.66. The SMILES string of the molecule is COC1CCCC[C@H](c2ccc(C)cc2)OC(=O)[C@@H](C)[C@@]2(O)O[C@H]([C@@H](C)[C@H](O)[C@H]2OC)[C@@H](C)/C=C/[C@H]1OC. The van der Waals surface area contributed by atoms with Gasteiger partial charge in [-0.15, -0.1) is 0 Å². The van der Waals surface area contributed by atoms with E-state index in [1.165, 1.54) is 7.11 Å². The second-order valence-corrected chi connectivity index (χ2v) is 10.9. The van der Waals surface area contributed by atoms with E-state index in [4.69, 9.17) is 23.7 Å². The maximum Gasteiger partial charge on any atom is 0.314 e. The molecule has 1 fully saturated rings. The molecule has 3 rings (SSSR count). The number of fused-ring (bicyclic) bond motifs is 2. The van der Waals surface area contributed by atoms with Gasteiger partial charge in [-0.05, 0) is 38.7 Å². The molecule has 0 radical (unpaired) electrons. The van der Waals surface area contributed by atoms with Gasteiger partial charge in [0.15, 0.2) is 0 Å². The predicted octanol–water partition coefficient (Wildman–Crippen LogP) is 4.11. The highest BCUT2D eigenvalue weighted by Crippen LogP contribution is 2.42. The number of carbonyl (C=O) groups excluding carboxylic acids is 1. The van der Waals surface area contributed by atoms with Crippen molar-refractivity contribution in [1.29, 1.82) is 0 Å². The molecule has 8 nitrogen and oxygen atoms in total. The minimum atomic E-state index is -2.09. The molecule has 214 valence electrons. The predicted molar refractivity (Wildman–Crippen MR) is 143 cm³/mol. The van der Waals surface area contributed by atoms with Crippen LogP contribution in [-0.2, 0) is 28.5 Å². The van der Waals surface area contributed by atoms with Gasteiger partial charge >= 0.3 is 5.97 Å². The van der Waals surface area contributed by atoms with Gasteiger partial charge < -0.3 is 33.9 Å². The van der Waals surface area contributed by atoms with Gasteiger partial charge in [0.25, 0.3) is 0 Å². The summed E-state index contributed by atoms with van der Waals surface area (Å²) in [5.74, 6) is -4.39. The molecule has 2 aliphatic rings. The van der Waals surface area contributed by atoms with Crippen LogP contribution in [0.15, 0.2) is 36.4 Å². The number of aliphatic hydroxyl groups is 2. The van der Waals surface area contributed by atoms with Gasteiger partial charge in [0.05, 0.1) is 18.3 Å². The molecule has 1 unspecified atom stereocenters. The largest absolute Gasteiger partial charge is 0.457 e. The number of methoxy groups -OCH3 is 3. The molecule has 2 bridgehead atoms. The first-order chi connectivity index (χ1) is 18.1. The second kappa shape index (κ2) is 13.5. The summed E-state index contributed by atoms with van der Waals surface area (Å²) in [4.78, 5) is 13.5. The van der Waals surface area contributed by atoms with Crippen LogP contribution in [0.5, 0.6) is 0 Å². The Morgan fingerprint density at radius 1 is 0.947 bits per heavy atom. The molecule has 1 aromatic rings. The fourth-order valence-corrected chi connectivity index (χ4v) is 5.68. The molecule has 0 aliphatic carbocycles. The molecule has 10 atom stereocenters. The van der Waals surface area contributed by atoms with Crippen LogP contribution in [-0.4, -0.2) is 73.8 Å². The van der Waals surface area contributed by atoms with Gasteiger partial charge in [-0.2, -0.15) is 0 Å². The lowest BCUT2D eigenvalue weighted by atomic mass is 9.78. The summed E-state index contributed by atoms with van der Waals surface area (Å²) in [5, 5.41) is 23.0. The standard InChI is InChI=1S/C30H46O8/c1-18-12-15-22(16-13-18)23-10-8-9-11-24(34-5)25(35-6)17-14-19(2)27-20(3)26(31)28(36-7)30(33,38-27)21(4)29(32)37-23/h12-17,19-21,23-28,31,33H,8-11H2,1-7H3/b17-14+/t19-,20-,21+,23+,24?,25+,26-,27-,28+,30+/m0/s1. The summed E-state index contributed by atoms with van der Waals surface area (Å²) >= 11 is 0. The summed E-state index contributed by atoms with van der Waals surface area (Å²) in [5.41, 5.74) is 2.00. The minimum absolute atomic E-state index is 0.151. The number of aliphatic hydroxyl groups excluding tert-OH is 1. The van der Waals surface area contributed by atoms with Gasteiger partial charge in [-0.3, -0.25) is 4.79 Å². The van der Waals surface area contributed by atoms with E-state index in [9.17, 15) is 15.0 Å². The highest BCUT2D eigenvalue weighted by atomic mass is 16.7. The van der Waals surface area contributed by atoms with Crippen molar-refractivity contribution in [2.45, 2.75) is 95.8 Å². The summed E-state index contributed by atoms with van der Waals surface area (Å²) in [6, 6.07) is 7.91. The number of rotatable bonds is 4. The Bertz CT molecular complexity index is 917. The average molecular weight is 535 g/mol. The number of cyclic esters (lactones) is 1. The van der Waals surface area contributed by atoms with Crippen LogP contribution in [0, 0.1) is 24.7 Å². The number of benzene rings is 1. The molecular weight excluding hydrogens is 488 g/mol. The van der Waals surface area contributed by atoms with Crippen molar-refractivity contribution in [2.24, 2.45) is 17.8 Å². The van der Waals surface area contributed by atoms with Crippen LogP contribution >= 0.6 is 0 Å². The third-order valence-electron chi connectivity index (χ3n) is 8.30. The summed E-state index contributed by atoms with van der Waals surface area (Å²) in [6.45, 7) is 7.37. The zero-order valence-corrected chi connectivity index (χ0v) is 23.8. The quantitative estimate of drug-likeness (QED) is 0.439. The Balaban J connectivity index is 2.01. The molecule has 1 aromatic carbocycles. The average Bonchev–Trinajstić information content (AvgIpc) is 2.90. The van der Waals surface area contributed by atoms with Crippen LogP contribution < -0.4 is 0 Å². The van der Waals surface area contributed by atoms with E-state index < -0.39 is 42.1 Å². The molecule has 2 aliphatic heterocycles. The number of aryl methyl sites for hydroxylation is 1. The van der Waals surface area contributed by atoms with Gasteiger partial charge in [0.1, 0.15) is 24.2 Å². The summed E-state index contributed by atoms with van der Waals surface area (Å²) in [7, 11) is 4.73. The third-order valence-corrected chi connectivity index (χ3v) is 8.30. The highest BCUT2D eigenvalue weighted by Gasteiger charge is 2.58. The molecular formula is C30H46O8. The lowest BCUT2D eigenvalue weighted by molar-refractivity contribution is -0.360. The molecule has 38 heavy (non-hydrogen) atoms. The monoisotopic (exact) mass is 534 g/mol. The molecule has 8 heteroatoms. The molecule has 0 amide bonds. The van der Waals surface area contributed by atoms with Crippen LogP contribution in [0.2, 0.25) is 0 Å². The Labute approximate surface area is 227 Å². The van der Waals surface area contributed by atoms with Crippen molar-refractivity contribution < 1.29 is 38.7 Å². The van der Waals surface area contributed by atoms with E-state index in [2.05, 4.69) is 0 Å². The lowest BCUT2D eigenvalue weighted by Crippen LogP contribution is -2.66. The molecule has 2 heterocycles. The maximum atomic E-state index is 13.5. The zero-order valence-electron chi connectivity index (χ0n) is 23.8. The van der Waals surface area contributed by atoms with Gasteiger partial charge in [0.2, 0.25) is 5.79 Å². The molecule has 0 saturated carbocycles. The van der Waals surface area contributed by atoms with E-state index in [0.29, 0.717) is 6.42 Å². The first kappa shape index (κ1) is 30.7. The van der Waals surface area contributed by atoms with Gasteiger partial charge in [-0.25, -0.2) is 0 Å².